The normalized spacial score (nSPS) is 10.8. The second-order valence-electron chi connectivity index (χ2n) is 5.18. The predicted molar refractivity (Wildman–Crippen MR) is 92.9 cm³/mol. The lowest BCUT2D eigenvalue weighted by Gasteiger charge is -2.09. The van der Waals surface area contributed by atoms with E-state index in [0.717, 1.165) is 16.9 Å². The molecule has 0 aliphatic rings. The number of thiophene rings is 1. The second kappa shape index (κ2) is 6.42. The molecule has 1 amide bonds. The first-order chi connectivity index (χ1) is 11.5. The molecule has 0 spiro atoms. The molecule has 0 bridgehead atoms. The minimum Gasteiger partial charge on any atom is -0.497 e. The molecular formula is C16H16N4O3S. The van der Waals surface area contributed by atoms with E-state index in [1.54, 1.807) is 14.0 Å². The zero-order valence-corrected chi connectivity index (χ0v) is 14.0. The van der Waals surface area contributed by atoms with Gasteiger partial charge in [0.05, 0.1) is 12.5 Å². The van der Waals surface area contributed by atoms with Crippen molar-refractivity contribution in [1.82, 2.24) is 15.0 Å². The number of aryl methyl sites for hydroxylation is 1. The Morgan fingerprint density at radius 2 is 2.08 bits per heavy atom. The molecule has 8 heteroatoms. The lowest BCUT2D eigenvalue weighted by molar-refractivity contribution is -0.121. The Morgan fingerprint density at radius 1 is 1.38 bits per heavy atom. The quantitative estimate of drug-likeness (QED) is 0.424. The monoisotopic (exact) mass is 344 g/mol. The first kappa shape index (κ1) is 16.2. The van der Waals surface area contributed by atoms with E-state index >= 15 is 0 Å². The van der Waals surface area contributed by atoms with Crippen molar-refractivity contribution in [1.29, 1.82) is 0 Å². The maximum Gasteiger partial charge on any atom is 0.263 e. The van der Waals surface area contributed by atoms with Gasteiger partial charge in [0.2, 0.25) is 0 Å². The molecule has 0 saturated carbocycles. The zero-order chi connectivity index (χ0) is 17.3. The average Bonchev–Trinajstić information content (AvgIpc) is 3.02. The van der Waals surface area contributed by atoms with E-state index in [0.29, 0.717) is 16.0 Å². The van der Waals surface area contributed by atoms with Crippen molar-refractivity contribution >= 4 is 27.5 Å². The van der Waals surface area contributed by atoms with Crippen LogP contribution in [0.1, 0.15) is 5.82 Å². The van der Waals surface area contributed by atoms with Crippen LogP contribution in [0.3, 0.4) is 0 Å². The van der Waals surface area contributed by atoms with Gasteiger partial charge in [0.15, 0.2) is 0 Å². The number of nitrogens with zero attached hydrogens (tertiary/aromatic N) is 2. The van der Waals surface area contributed by atoms with Crippen LogP contribution in [-0.4, -0.2) is 22.6 Å². The number of methoxy groups -OCH3 is 1. The molecule has 0 atom stereocenters. The van der Waals surface area contributed by atoms with E-state index in [2.05, 4.69) is 4.98 Å². The van der Waals surface area contributed by atoms with Crippen molar-refractivity contribution in [2.75, 3.05) is 7.11 Å². The summed E-state index contributed by atoms with van der Waals surface area (Å²) >= 11 is 1.40. The van der Waals surface area contributed by atoms with Crippen LogP contribution in [0.4, 0.5) is 0 Å². The van der Waals surface area contributed by atoms with E-state index in [1.165, 1.54) is 15.9 Å². The number of benzene rings is 1. The number of fused-ring (bicyclic) bond motifs is 1. The fraction of sp³-hybridized carbons (Fsp3) is 0.188. The van der Waals surface area contributed by atoms with Gasteiger partial charge in [-0.1, -0.05) is 12.1 Å². The third-order valence-electron chi connectivity index (χ3n) is 3.75. The Bertz CT molecular complexity index is 960. The van der Waals surface area contributed by atoms with Gasteiger partial charge in [0, 0.05) is 10.9 Å². The summed E-state index contributed by atoms with van der Waals surface area (Å²) in [4.78, 5) is 29.5. The summed E-state index contributed by atoms with van der Waals surface area (Å²) in [7, 11) is 1.60. The Hall–Kier alpha value is -2.71. The van der Waals surface area contributed by atoms with Crippen LogP contribution in [-0.2, 0) is 11.3 Å². The van der Waals surface area contributed by atoms with E-state index < -0.39 is 5.91 Å². The molecule has 3 rings (SSSR count). The van der Waals surface area contributed by atoms with Gasteiger partial charge in [0.1, 0.15) is 22.9 Å². The van der Waals surface area contributed by atoms with Crippen LogP contribution in [0.15, 0.2) is 34.4 Å². The summed E-state index contributed by atoms with van der Waals surface area (Å²) in [5.41, 5.74) is 3.45. The molecule has 0 aliphatic carbocycles. The summed E-state index contributed by atoms with van der Waals surface area (Å²) in [6.45, 7) is 1.53. The summed E-state index contributed by atoms with van der Waals surface area (Å²) in [5.74, 6) is 5.87. The molecule has 2 aromatic heterocycles. The summed E-state index contributed by atoms with van der Waals surface area (Å²) in [5, 5.41) is 2.40. The Balaban J connectivity index is 2.18. The summed E-state index contributed by atoms with van der Waals surface area (Å²) in [6, 6.07) is 7.44. The molecule has 7 nitrogen and oxygen atoms in total. The van der Waals surface area contributed by atoms with Crippen molar-refractivity contribution in [3.8, 4) is 16.9 Å². The van der Waals surface area contributed by atoms with E-state index in [9.17, 15) is 9.59 Å². The van der Waals surface area contributed by atoms with Gasteiger partial charge < -0.3 is 4.74 Å². The van der Waals surface area contributed by atoms with Gasteiger partial charge in [-0.05, 0) is 24.6 Å². The zero-order valence-electron chi connectivity index (χ0n) is 13.2. The largest absolute Gasteiger partial charge is 0.497 e. The predicted octanol–water partition coefficient (Wildman–Crippen LogP) is 1.43. The molecule has 0 unspecified atom stereocenters. The van der Waals surface area contributed by atoms with Crippen LogP contribution >= 0.6 is 11.3 Å². The summed E-state index contributed by atoms with van der Waals surface area (Å²) < 4.78 is 6.48. The SMILES string of the molecule is COc1ccc(-c2csc3nc(C)n(CC(=O)NN)c(=O)c23)cc1. The number of amides is 1. The van der Waals surface area contributed by atoms with Crippen molar-refractivity contribution < 1.29 is 9.53 Å². The highest BCUT2D eigenvalue weighted by molar-refractivity contribution is 7.17. The maximum atomic E-state index is 12.9. The standard InChI is InChI=1S/C16H16N4O3S/c1-9-18-15-14(16(22)20(9)7-13(21)19-17)12(8-24-15)10-3-5-11(23-2)6-4-10/h3-6,8H,7,17H2,1-2H3,(H,19,21). The highest BCUT2D eigenvalue weighted by Crippen LogP contribution is 2.31. The van der Waals surface area contributed by atoms with Gasteiger partial charge in [-0.15, -0.1) is 11.3 Å². The van der Waals surface area contributed by atoms with Crippen LogP contribution in [0.2, 0.25) is 0 Å². The number of nitrogens with two attached hydrogens (primary N) is 1. The number of hydrazine groups is 1. The number of carbonyl (C=O) groups is 1. The lowest BCUT2D eigenvalue weighted by Crippen LogP contribution is -2.37. The van der Waals surface area contributed by atoms with E-state index in [1.807, 2.05) is 35.1 Å². The molecule has 1 aromatic carbocycles. The van der Waals surface area contributed by atoms with Crippen LogP contribution < -0.4 is 21.6 Å². The number of ether oxygens (including phenoxy) is 1. The van der Waals surface area contributed by atoms with Crippen molar-refractivity contribution in [2.45, 2.75) is 13.5 Å². The molecule has 0 aliphatic heterocycles. The van der Waals surface area contributed by atoms with Gasteiger partial charge in [0.25, 0.3) is 11.5 Å². The smallest absolute Gasteiger partial charge is 0.263 e. The topological polar surface area (TPSA) is 99.2 Å². The number of hydrogen-bond acceptors (Lipinski definition) is 6. The number of nitrogens with one attached hydrogen (secondary N) is 1. The van der Waals surface area contributed by atoms with Gasteiger partial charge >= 0.3 is 0 Å². The van der Waals surface area contributed by atoms with Crippen molar-refractivity contribution in [3.05, 3.63) is 45.8 Å². The highest BCUT2D eigenvalue weighted by atomic mass is 32.1. The van der Waals surface area contributed by atoms with Crippen molar-refractivity contribution in [3.63, 3.8) is 0 Å². The molecule has 0 fully saturated rings. The molecular weight excluding hydrogens is 328 g/mol. The van der Waals surface area contributed by atoms with Gasteiger partial charge in [-0.3, -0.25) is 19.6 Å². The molecule has 0 radical (unpaired) electrons. The van der Waals surface area contributed by atoms with Crippen molar-refractivity contribution in [2.24, 2.45) is 5.84 Å². The highest BCUT2D eigenvalue weighted by Gasteiger charge is 2.16. The Kier molecular flexibility index (Phi) is 4.32. The second-order valence-corrected chi connectivity index (χ2v) is 6.03. The molecule has 0 saturated heterocycles. The van der Waals surface area contributed by atoms with Crippen LogP contribution in [0, 0.1) is 6.92 Å². The minimum atomic E-state index is -0.456. The molecule has 2 heterocycles. The molecule has 3 aromatic rings. The number of hydrogen-bond donors (Lipinski definition) is 2. The number of rotatable bonds is 4. The first-order valence-electron chi connectivity index (χ1n) is 7.17. The Labute approximate surface area is 141 Å². The first-order valence-corrected chi connectivity index (χ1v) is 8.05. The van der Waals surface area contributed by atoms with E-state index in [-0.39, 0.29) is 12.1 Å². The Morgan fingerprint density at radius 3 is 2.71 bits per heavy atom. The third kappa shape index (κ3) is 2.77. The fourth-order valence-corrected chi connectivity index (χ4v) is 3.47. The lowest BCUT2D eigenvalue weighted by atomic mass is 10.1. The fourth-order valence-electron chi connectivity index (χ4n) is 2.48. The number of aromatic nitrogens is 2. The average molecular weight is 344 g/mol. The summed E-state index contributed by atoms with van der Waals surface area (Å²) in [6.07, 6.45) is 0. The minimum absolute atomic E-state index is 0.165. The molecule has 3 N–H and O–H groups in total. The molecule has 24 heavy (non-hydrogen) atoms. The number of carbonyl (C=O) groups excluding carboxylic acids is 1. The van der Waals surface area contributed by atoms with Gasteiger partial charge in [-0.2, -0.15) is 0 Å². The van der Waals surface area contributed by atoms with E-state index in [4.69, 9.17) is 10.6 Å². The van der Waals surface area contributed by atoms with Gasteiger partial charge in [-0.25, -0.2) is 10.8 Å². The molecule has 124 valence electrons. The van der Waals surface area contributed by atoms with Crippen LogP contribution in [0.25, 0.3) is 21.3 Å². The maximum absolute atomic E-state index is 12.9. The van der Waals surface area contributed by atoms with Crippen LogP contribution in [0.5, 0.6) is 5.75 Å². The third-order valence-corrected chi connectivity index (χ3v) is 4.62.